The molecular formula is C14H24N2O3. The van der Waals surface area contributed by atoms with Gasteiger partial charge in [0.25, 0.3) is 0 Å². The molecule has 0 radical (unpaired) electrons. The second kappa shape index (κ2) is 6.89. The average Bonchev–Trinajstić information content (AvgIpc) is 3.04. The number of ether oxygens (including phenoxy) is 1. The van der Waals surface area contributed by atoms with E-state index >= 15 is 0 Å². The molecule has 19 heavy (non-hydrogen) atoms. The Bertz CT molecular complexity index is 327. The van der Waals surface area contributed by atoms with E-state index in [1.165, 1.54) is 33.0 Å². The molecule has 2 aliphatic rings. The minimum absolute atomic E-state index is 0.0940. The molecule has 2 fully saturated rings. The summed E-state index contributed by atoms with van der Waals surface area (Å²) in [5.41, 5.74) is 0. The Morgan fingerprint density at radius 3 is 2.63 bits per heavy atom. The highest BCUT2D eigenvalue weighted by molar-refractivity contribution is 5.86. The summed E-state index contributed by atoms with van der Waals surface area (Å²) < 4.78 is 4.70. The fourth-order valence-corrected chi connectivity index (χ4v) is 2.96. The van der Waals surface area contributed by atoms with E-state index in [2.05, 4.69) is 4.90 Å². The number of esters is 1. The van der Waals surface area contributed by atoms with Crippen molar-refractivity contribution in [1.82, 2.24) is 9.80 Å². The Balaban J connectivity index is 1.63. The smallest absolute Gasteiger partial charge is 0.310 e. The zero-order valence-corrected chi connectivity index (χ0v) is 11.8. The average molecular weight is 268 g/mol. The SMILES string of the molecule is COC(=O)C1CC(=O)N(CCCCN2CCCC2)C1. The van der Waals surface area contributed by atoms with Crippen LogP contribution in [0.25, 0.3) is 0 Å². The van der Waals surface area contributed by atoms with E-state index in [4.69, 9.17) is 4.74 Å². The number of likely N-dealkylation sites (tertiary alicyclic amines) is 2. The lowest BCUT2D eigenvalue weighted by Crippen LogP contribution is -2.28. The third kappa shape index (κ3) is 3.93. The number of hydrogen-bond acceptors (Lipinski definition) is 4. The summed E-state index contributed by atoms with van der Waals surface area (Å²) in [6.07, 6.45) is 5.12. The predicted octanol–water partition coefficient (Wildman–Crippen LogP) is 0.884. The van der Waals surface area contributed by atoms with Crippen LogP contribution in [0.1, 0.15) is 32.1 Å². The molecule has 0 bridgehead atoms. The number of rotatable bonds is 6. The second-order valence-corrected chi connectivity index (χ2v) is 5.52. The lowest BCUT2D eigenvalue weighted by molar-refractivity contribution is -0.145. The van der Waals surface area contributed by atoms with Crippen molar-refractivity contribution in [2.45, 2.75) is 32.1 Å². The quantitative estimate of drug-likeness (QED) is 0.530. The fourth-order valence-electron chi connectivity index (χ4n) is 2.96. The first-order valence-corrected chi connectivity index (χ1v) is 7.28. The van der Waals surface area contributed by atoms with Gasteiger partial charge in [0.2, 0.25) is 5.91 Å². The molecule has 2 rings (SSSR count). The van der Waals surface area contributed by atoms with E-state index in [0.29, 0.717) is 13.0 Å². The first-order chi connectivity index (χ1) is 9.20. The Kier molecular flexibility index (Phi) is 5.19. The Labute approximate surface area is 114 Å². The number of carbonyl (C=O) groups excluding carboxylic acids is 2. The highest BCUT2D eigenvalue weighted by Gasteiger charge is 2.34. The molecule has 108 valence electrons. The molecule has 0 N–H and O–H groups in total. The third-order valence-corrected chi connectivity index (χ3v) is 4.10. The van der Waals surface area contributed by atoms with E-state index in [1.807, 2.05) is 4.90 Å². The summed E-state index contributed by atoms with van der Waals surface area (Å²) in [5, 5.41) is 0. The van der Waals surface area contributed by atoms with Gasteiger partial charge in [-0.3, -0.25) is 9.59 Å². The predicted molar refractivity (Wildman–Crippen MR) is 71.6 cm³/mol. The lowest BCUT2D eigenvalue weighted by Gasteiger charge is -2.18. The first kappa shape index (κ1) is 14.3. The summed E-state index contributed by atoms with van der Waals surface area (Å²) in [6, 6.07) is 0. The van der Waals surface area contributed by atoms with Gasteiger partial charge in [-0.15, -0.1) is 0 Å². The van der Waals surface area contributed by atoms with Gasteiger partial charge in [-0.2, -0.15) is 0 Å². The molecule has 0 aromatic rings. The van der Waals surface area contributed by atoms with Crippen molar-refractivity contribution in [3.05, 3.63) is 0 Å². The summed E-state index contributed by atoms with van der Waals surface area (Å²) in [4.78, 5) is 27.5. The van der Waals surface area contributed by atoms with E-state index in [0.717, 1.165) is 25.9 Å². The molecule has 5 nitrogen and oxygen atoms in total. The van der Waals surface area contributed by atoms with E-state index in [1.54, 1.807) is 0 Å². The van der Waals surface area contributed by atoms with Gasteiger partial charge in [-0.25, -0.2) is 0 Å². The van der Waals surface area contributed by atoms with Crippen molar-refractivity contribution in [1.29, 1.82) is 0 Å². The van der Waals surface area contributed by atoms with Crippen LogP contribution in [0.2, 0.25) is 0 Å². The van der Waals surface area contributed by atoms with Gasteiger partial charge in [0.05, 0.1) is 13.0 Å². The molecule has 5 heteroatoms. The standard InChI is InChI=1S/C14H24N2O3/c1-19-14(18)12-10-13(17)16(11-12)9-5-4-8-15-6-2-3-7-15/h12H,2-11H2,1H3. The number of carbonyl (C=O) groups is 2. The van der Waals surface area contributed by atoms with Crippen molar-refractivity contribution in [3.8, 4) is 0 Å². The van der Waals surface area contributed by atoms with Crippen LogP contribution in [0, 0.1) is 5.92 Å². The van der Waals surface area contributed by atoms with Crippen LogP contribution in [-0.4, -0.2) is 61.5 Å². The number of amides is 1. The summed E-state index contributed by atoms with van der Waals surface area (Å²) >= 11 is 0. The highest BCUT2D eigenvalue weighted by atomic mass is 16.5. The monoisotopic (exact) mass is 268 g/mol. The maximum atomic E-state index is 11.8. The molecule has 0 saturated carbocycles. The Hall–Kier alpha value is -1.10. The van der Waals surface area contributed by atoms with Gasteiger partial charge in [0.1, 0.15) is 0 Å². The van der Waals surface area contributed by atoms with E-state index < -0.39 is 0 Å². The minimum Gasteiger partial charge on any atom is -0.469 e. The zero-order chi connectivity index (χ0) is 13.7. The highest BCUT2D eigenvalue weighted by Crippen LogP contribution is 2.19. The van der Waals surface area contributed by atoms with Gasteiger partial charge in [-0.05, 0) is 45.3 Å². The van der Waals surface area contributed by atoms with Gasteiger partial charge >= 0.3 is 5.97 Å². The number of hydrogen-bond donors (Lipinski definition) is 0. The van der Waals surface area contributed by atoms with E-state index in [-0.39, 0.29) is 17.8 Å². The van der Waals surface area contributed by atoms with Crippen molar-refractivity contribution < 1.29 is 14.3 Å². The van der Waals surface area contributed by atoms with Gasteiger partial charge in [0, 0.05) is 19.5 Å². The second-order valence-electron chi connectivity index (χ2n) is 5.52. The van der Waals surface area contributed by atoms with Crippen molar-refractivity contribution in [2.24, 2.45) is 5.92 Å². The van der Waals surface area contributed by atoms with Crippen LogP contribution in [0.4, 0.5) is 0 Å². The molecule has 0 aliphatic carbocycles. The van der Waals surface area contributed by atoms with Crippen molar-refractivity contribution in [3.63, 3.8) is 0 Å². The number of unbranched alkanes of at least 4 members (excludes halogenated alkanes) is 1. The normalized spacial score (nSPS) is 24.2. The third-order valence-electron chi connectivity index (χ3n) is 4.10. The van der Waals surface area contributed by atoms with Crippen LogP contribution in [0.3, 0.4) is 0 Å². The van der Waals surface area contributed by atoms with Crippen LogP contribution < -0.4 is 0 Å². The Morgan fingerprint density at radius 1 is 1.26 bits per heavy atom. The maximum absolute atomic E-state index is 11.8. The van der Waals surface area contributed by atoms with Crippen LogP contribution in [0.15, 0.2) is 0 Å². The van der Waals surface area contributed by atoms with Crippen LogP contribution in [-0.2, 0) is 14.3 Å². The largest absolute Gasteiger partial charge is 0.469 e. The molecule has 1 unspecified atom stereocenters. The number of nitrogens with zero attached hydrogens (tertiary/aromatic N) is 2. The van der Waals surface area contributed by atoms with Gasteiger partial charge in [-0.1, -0.05) is 0 Å². The first-order valence-electron chi connectivity index (χ1n) is 7.28. The molecule has 2 heterocycles. The minimum atomic E-state index is -0.257. The number of methoxy groups -OCH3 is 1. The molecule has 0 aromatic carbocycles. The molecule has 2 saturated heterocycles. The maximum Gasteiger partial charge on any atom is 0.310 e. The van der Waals surface area contributed by atoms with Crippen LogP contribution >= 0.6 is 0 Å². The topological polar surface area (TPSA) is 49.9 Å². The van der Waals surface area contributed by atoms with Crippen molar-refractivity contribution >= 4 is 11.9 Å². The summed E-state index contributed by atoms with van der Waals surface area (Å²) in [5.74, 6) is -0.416. The van der Waals surface area contributed by atoms with Gasteiger partial charge in [0.15, 0.2) is 0 Å². The van der Waals surface area contributed by atoms with Gasteiger partial charge < -0.3 is 14.5 Å². The Morgan fingerprint density at radius 2 is 1.95 bits per heavy atom. The molecule has 1 amide bonds. The summed E-state index contributed by atoms with van der Waals surface area (Å²) in [6.45, 7) is 4.91. The lowest BCUT2D eigenvalue weighted by atomic mass is 10.1. The zero-order valence-electron chi connectivity index (χ0n) is 11.8. The van der Waals surface area contributed by atoms with Crippen LogP contribution in [0.5, 0.6) is 0 Å². The van der Waals surface area contributed by atoms with E-state index in [9.17, 15) is 9.59 Å². The molecule has 2 aliphatic heterocycles. The fraction of sp³-hybridized carbons (Fsp3) is 0.857. The molecular weight excluding hydrogens is 244 g/mol. The molecule has 0 aromatic heterocycles. The summed E-state index contributed by atoms with van der Waals surface area (Å²) in [7, 11) is 1.38. The molecule has 1 atom stereocenters. The van der Waals surface area contributed by atoms with Crippen molar-refractivity contribution in [2.75, 3.05) is 39.8 Å². The molecule has 0 spiro atoms.